The molecule has 1 aromatic rings. The van der Waals surface area contributed by atoms with E-state index in [0.717, 1.165) is 26.2 Å². The van der Waals surface area contributed by atoms with Crippen LogP contribution in [0.4, 0.5) is 0 Å². The van der Waals surface area contributed by atoms with Gasteiger partial charge in [-0.15, -0.1) is 0 Å². The van der Waals surface area contributed by atoms with Gasteiger partial charge in [0, 0.05) is 12.1 Å². The third-order valence-corrected chi connectivity index (χ3v) is 3.63. The van der Waals surface area contributed by atoms with Crippen LogP contribution in [0, 0.1) is 0 Å². The van der Waals surface area contributed by atoms with E-state index in [2.05, 4.69) is 57.3 Å². The minimum absolute atomic E-state index is 0.0848. The Balaban J connectivity index is 2.06. The van der Waals surface area contributed by atoms with Crippen molar-refractivity contribution in [3.63, 3.8) is 0 Å². The molecule has 0 saturated carbocycles. The minimum Gasteiger partial charge on any atom is -0.378 e. The van der Waals surface area contributed by atoms with Gasteiger partial charge in [0.25, 0.3) is 0 Å². The number of rotatable bonds is 2. The molecule has 1 fully saturated rings. The van der Waals surface area contributed by atoms with Gasteiger partial charge in [0.15, 0.2) is 0 Å². The number of benzene rings is 1. The van der Waals surface area contributed by atoms with E-state index in [1.807, 2.05) is 0 Å². The molecule has 1 N–H and O–H groups in total. The first-order valence-electron chi connectivity index (χ1n) is 6.81. The zero-order valence-corrected chi connectivity index (χ0v) is 12.0. The molecule has 1 unspecified atom stereocenters. The topological polar surface area (TPSA) is 21.3 Å². The SMILES string of the molecule is CC1(Cc2ccc(C(C)(C)C)cc2)COCCN1. The van der Waals surface area contributed by atoms with Gasteiger partial charge in [0.2, 0.25) is 0 Å². The van der Waals surface area contributed by atoms with Crippen molar-refractivity contribution < 1.29 is 4.74 Å². The van der Waals surface area contributed by atoms with E-state index in [4.69, 9.17) is 4.74 Å². The maximum absolute atomic E-state index is 5.57. The Morgan fingerprint density at radius 3 is 2.39 bits per heavy atom. The fraction of sp³-hybridized carbons (Fsp3) is 0.625. The molecule has 1 aromatic carbocycles. The van der Waals surface area contributed by atoms with Crippen LogP contribution in [-0.4, -0.2) is 25.3 Å². The summed E-state index contributed by atoms with van der Waals surface area (Å²) < 4.78 is 5.57. The molecular formula is C16H25NO. The third kappa shape index (κ3) is 3.33. The summed E-state index contributed by atoms with van der Waals surface area (Å²) in [5.41, 5.74) is 3.09. The maximum Gasteiger partial charge on any atom is 0.0649 e. The average molecular weight is 247 g/mol. The van der Waals surface area contributed by atoms with Gasteiger partial charge >= 0.3 is 0 Å². The Labute approximate surface area is 111 Å². The molecule has 100 valence electrons. The molecule has 1 aliphatic rings. The lowest BCUT2D eigenvalue weighted by Gasteiger charge is -2.35. The first-order valence-corrected chi connectivity index (χ1v) is 6.81. The van der Waals surface area contributed by atoms with Crippen molar-refractivity contribution in [2.45, 2.75) is 45.1 Å². The second kappa shape index (κ2) is 5.02. The highest BCUT2D eigenvalue weighted by Gasteiger charge is 2.27. The van der Waals surface area contributed by atoms with Crippen LogP contribution in [0.1, 0.15) is 38.8 Å². The molecule has 1 saturated heterocycles. The zero-order chi connectivity index (χ0) is 13.2. The molecule has 0 amide bonds. The Kier molecular flexibility index (Phi) is 3.79. The van der Waals surface area contributed by atoms with Crippen molar-refractivity contribution in [3.8, 4) is 0 Å². The molecule has 0 aromatic heterocycles. The van der Waals surface area contributed by atoms with Crippen molar-refractivity contribution in [1.82, 2.24) is 5.32 Å². The molecule has 2 nitrogen and oxygen atoms in total. The summed E-state index contributed by atoms with van der Waals surface area (Å²) in [5, 5.41) is 3.56. The third-order valence-electron chi connectivity index (χ3n) is 3.63. The van der Waals surface area contributed by atoms with Crippen LogP contribution in [0.15, 0.2) is 24.3 Å². The van der Waals surface area contributed by atoms with E-state index in [9.17, 15) is 0 Å². The standard InChI is InChI=1S/C16H25NO/c1-15(2,3)14-7-5-13(6-8-14)11-16(4)12-18-10-9-17-16/h5-8,17H,9-12H2,1-4H3. The molecule has 2 heteroatoms. The van der Waals surface area contributed by atoms with Crippen molar-refractivity contribution in [2.24, 2.45) is 0 Å². The van der Waals surface area contributed by atoms with Crippen LogP contribution < -0.4 is 5.32 Å². The van der Waals surface area contributed by atoms with Crippen LogP contribution in [0.2, 0.25) is 0 Å². The quantitative estimate of drug-likeness (QED) is 0.867. The Hall–Kier alpha value is -0.860. The number of ether oxygens (including phenoxy) is 1. The van der Waals surface area contributed by atoms with Crippen LogP contribution in [0.5, 0.6) is 0 Å². The fourth-order valence-corrected chi connectivity index (χ4v) is 2.46. The Bertz CT molecular complexity index is 383. The highest BCUT2D eigenvalue weighted by atomic mass is 16.5. The molecule has 0 spiro atoms. The van der Waals surface area contributed by atoms with Gasteiger partial charge in [-0.2, -0.15) is 0 Å². The van der Waals surface area contributed by atoms with Crippen LogP contribution >= 0.6 is 0 Å². The monoisotopic (exact) mass is 247 g/mol. The largest absolute Gasteiger partial charge is 0.378 e. The predicted octanol–water partition coefficient (Wildman–Crippen LogP) is 2.91. The van der Waals surface area contributed by atoms with Crippen LogP contribution in [0.25, 0.3) is 0 Å². The van der Waals surface area contributed by atoms with Gasteiger partial charge in [-0.05, 0) is 29.9 Å². The van der Waals surface area contributed by atoms with Crippen molar-refractivity contribution in [2.75, 3.05) is 19.8 Å². The summed E-state index contributed by atoms with van der Waals surface area (Å²) in [6.45, 7) is 11.6. The predicted molar refractivity (Wildman–Crippen MR) is 76.1 cm³/mol. The molecule has 1 heterocycles. The fourth-order valence-electron chi connectivity index (χ4n) is 2.46. The lowest BCUT2D eigenvalue weighted by atomic mass is 9.85. The van der Waals surface area contributed by atoms with E-state index in [1.54, 1.807) is 0 Å². The van der Waals surface area contributed by atoms with Gasteiger partial charge in [0.1, 0.15) is 0 Å². The van der Waals surface area contributed by atoms with E-state index in [-0.39, 0.29) is 11.0 Å². The number of nitrogens with one attached hydrogen (secondary N) is 1. The molecule has 1 atom stereocenters. The second-order valence-electron chi connectivity index (χ2n) is 6.66. The average Bonchev–Trinajstić information content (AvgIpc) is 2.29. The molecule has 0 bridgehead atoms. The second-order valence-corrected chi connectivity index (χ2v) is 6.66. The van der Waals surface area contributed by atoms with Gasteiger partial charge in [0.05, 0.1) is 13.2 Å². The highest BCUT2D eigenvalue weighted by Crippen LogP contribution is 2.23. The summed E-state index contributed by atoms with van der Waals surface area (Å²) in [4.78, 5) is 0. The molecule has 2 rings (SSSR count). The first kappa shape index (κ1) is 13.6. The molecule has 0 aliphatic carbocycles. The van der Waals surface area contributed by atoms with Crippen LogP contribution in [0.3, 0.4) is 0 Å². The smallest absolute Gasteiger partial charge is 0.0649 e. The first-order chi connectivity index (χ1) is 8.39. The Morgan fingerprint density at radius 2 is 1.89 bits per heavy atom. The van der Waals surface area contributed by atoms with Crippen molar-refractivity contribution in [1.29, 1.82) is 0 Å². The van der Waals surface area contributed by atoms with E-state index in [0.29, 0.717) is 0 Å². The molecular weight excluding hydrogens is 222 g/mol. The lowest BCUT2D eigenvalue weighted by Crippen LogP contribution is -2.53. The van der Waals surface area contributed by atoms with E-state index in [1.165, 1.54) is 11.1 Å². The highest BCUT2D eigenvalue weighted by molar-refractivity contribution is 5.28. The minimum atomic E-state index is 0.0848. The normalized spacial score (nSPS) is 25.1. The summed E-state index contributed by atoms with van der Waals surface area (Å²) >= 11 is 0. The van der Waals surface area contributed by atoms with Crippen molar-refractivity contribution in [3.05, 3.63) is 35.4 Å². The molecule has 0 radical (unpaired) electrons. The number of hydrogen-bond donors (Lipinski definition) is 1. The number of morpholine rings is 1. The summed E-state index contributed by atoms with van der Waals surface area (Å²) in [6.07, 6.45) is 1.03. The zero-order valence-electron chi connectivity index (χ0n) is 12.0. The van der Waals surface area contributed by atoms with Crippen molar-refractivity contribution >= 4 is 0 Å². The van der Waals surface area contributed by atoms with E-state index < -0.39 is 0 Å². The number of hydrogen-bond acceptors (Lipinski definition) is 2. The Morgan fingerprint density at radius 1 is 1.22 bits per heavy atom. The van der Waals surface area contributed by atoms with E-state index >= 15 is 0 Å². The van der Waals surface area contributed by atoms with Gasteiger partial charge in [-0.3, -0.25) is 0 Å². The lowest BCUT2D eigenvalue weighted by molar-refractivity contribution is 0.0356. The van der Waals surface area contributed by atoms with Gasteiger partial charge < -0.3 is 10.1 Å². The van der Waals surface area contributed by atoms with Crippen LogP contribution in [-0.2, 0) is 16.6 Å². The molecule has 18 heavy (non-hydrogen) atoms. The summed E-state index contributed by atoms with van der Waals surface area (Å²) in [7, 11) is 0. The van der Waals surface area contributed by atoms with Gasteiger partial charge in [-0.1, -0.05) is 45.0 Å². The summed E-state index contributed by atoms with van der Waals surface area (Å²) in [6, 6.07) is 9.01. The van der Waals surface area contributed by atoms with Gasteiger partial charge in [-0.25, -0.2) is 0 Å². The summed E-state index contributed by atoms with van der Waals surface area (Å²) in [5.74, 6) is 0. The maximum atomic E-state index is 5.57. The molecule has 1 aliphatic heterocycles.